The van der Waals surface area contributed by atoms with Gasteiger partial charge in [0, 0.05) is 23.6 Å². The Morgan fingerprint density at radius 1 is 1.07 bits per heavy atom. The van der Waals surface area contributed by atoms with E-state index in [2.05, 4.69) is 10.3 Å². The summed E-state index contributed by atoms with van der Waals surface area (Å²) in [6, 6.07) is 13.8. The summed E-state index contributed by atoms with van der Waals surface area (Å²) in [7, 11) is 0. The molecule has 0 saturated heterocycles. The maximum Gasteiger partial charge on any atom is 0.287 e. The largest absolute Gasteiger partial charge is 0.451 e. The van der Waals surface area contributed by atoms with Crippen LogP contribution in [-0.4, -0.2) is 17.4 Å². The van der Waals surface area contributed by atoms with Crippen LogP contribution in [-0.2, 0) is 6.42 Å². The summed E-state index contributed by atoms with van der Waals surface area (Å²) < 4.78 is 32.7. The molecule has 136 valence electrons. The van der Waals surface area contributed by atoms with E-state index in [1.807, 2.05) is 0 Å². The fourth-order valence-corrected chi connectivity index (χ4v) is 3.02. The molecule has 6 heteroatoms. The van der Waals surface area contributed by atoms with Gasteiger partial charge in [0.1, 0.15) is 17.4 Å². The molecular formula is C21H16F2N2O2. The Labute approximate surface area is 153 Å². The molecule has 4 nitrogen and oxygen atoms in total. The van der Waals surface area contributed by atoms with Crippen LogP contribution in [0.1, 0.15) is 16.1 Å². The first kappa shape index (κ1) is 17.0. The lowest BCUT2D eigenvalue weighted by atomic mass is 10.1. The van der Waals surface area contributed by atoms with Gasteiger partial charge in [0.25, 0.3) is 5.91 Å². The smallest absolute Gasteiger partial charge is 0.287 e. The number of rotatable bonds is 5. The van der Waals surface area contributed by atoms with Crippen molar-refractivity contribution < 1.29 is 18.0 Å². The Hall–Kier alpha value is -3.41. The molecule has 0 aliphatic heterocycles. The molecule has 0 fully saturated rings. The van der Waals surface area contributed by atoms with Crippen molar-refractivity contribution in [2.24, 2.45) is 0 Å². The predicted octanol–water partition coefficient (Wildman–Crippen LogP) is 4.68. The lowest BCUT2D eigenvalue weighted by molar-refractivity contribution is 0.0927. The number of hydrogen-bond donors (Lipinski definition) is 2. The number of aromatic nitrogens is 1. The van der Waals surface area contributed by atoms with Crippen molar-refractivity contribution in [1.82, 2.24) is 10.3 Å². The van der Waals surface area contributed by atoms with E-state index in [1.165, 1.54) is 24.3 Å². The lowest BCUT2D eigenvalue weighted by Crippen LogP contribution is -2.25. The number of nitrogens with one attached hydrogen (secondary N) is 2. The molecule has 2 aromatic carbocycles. The van der Waals surface area contributed by atoms with Gasteiger partial charge in [-0.1, -0.05) is 12.1 Å². The molecule has 2 heterocycles. The zero-order valence-electron chi connectivity index (χ0n) is 14.3. The summed E-state index contributed by atoms with van der Waals surface area (Å²) in [5, 5.41) is 3.56. The van der Waals surface area contributed by atoms with Gasteiger partial charge < -0.3 is 14.7 Å². The van der Waals surface area contributed by atoms with Crippen LogP contribution < -0.4 is 5.32 Å². The standard InChI is InChI=1S/C21H16F2N2O2/c22-14-5-6-18-16(11-14)13(12-25-18)9-10-24-21(26)20-8-7-19(27-20)15-3-1-2-4-17(15)23/h1-8,11-12,25H,9-10H2,(H,24,26). The lowest BCUT2D eigenvalue weighted by Gasteiger charge is -2.03. The molecule has 0 aliphatic carbocycles. The van der Waals surface area contributed by atoms with Crippen molar-refractivity contribution in [3.05, 3.63) is 83.8 Å². The highest BCUT2D eigenvalue weighted by Crippen LogP contribution is 2.25. The first-order valence-corrected chi connectivity index (χ1v) is 8.50. The van der Waals surface area contributed by atoms with E-state index in [-0.39, 0.29) is 17.5 Å². The maximum absolute atomic E-state index is 13.8. The van der Waals surface area contributed by atoms with E-state index in [1.54, 1.807) is 36.5 Å². The number of amides is 1. The van der Waals surface area contributed by atoms with Crippen molar-refractivity contribution in [3.63, 3.8) is 0 Å². The Morgan fingerprint density at radius 2 is 1.93 bits per heavy atom. The minimum Gasteiger partial charge on any atom is -0.451 e. The number of fused-ring (bicyclic) bond motifs is 1. The Morgan fingerprint density at radius 3 is 2.78 bits per heavy atom. The monoisotopic (exact) mass is 366 g/mol. The molecule has 0 bridgehead atoms. The highest BCUT2D eigenvalue weighted by molar-refractivity contribution is 5.92. The molecule has 0 radical (unpaired) electrons. The van der Waals surface area contributed by atoms with E-state index in [0.29, 0.717) is 24.3 Å². The zero-order valence-corrected chi connectivity index (χ0v) is 14.3. The summed E-state index contributed by atoms with van der Waals surface area (Å²) in [6.45, 7) is 0.359. The van der Waals surface area contributed by atoms with Crippen LogP contribution in [0.3, 0.4) is 0 Å². The van der Waals surface area contributed by atoms with Gasteiger partial charge >= 0.3 is 0 Å². The second-order valence-corrected chi connectivity index (χ2v) is 6.15. The van der Waals surface area contributed by atoms with Crippen molar-refractivity contribution >= 4 is 16.8 Å². The zero-order chi connectivity index (χ0) is 18.8. The van der Waals surface area contributed by atoms with Crippen LogP contribution in [0.4, 0.5) is 8.78 Å². The van der Waals surface area contributed by atoms with E-state index >= 15 is 0 Å². The van der Waals surface area contributed by atoms with Crippen LogP contribution >= 0.6 is 0 Å². The number of hydrogen-bond acceptors (Lipinski definition) is 2. The third-order valence-electron chi connectivity index (χ3n) is 4.38. The van der Waals surface area contributed by atoms with E-state index < -0.39 is 5.82 Å². The van der Waals surface area contributed by atoms with Crippen LogP contribution in [0.25, 0.3) is 22.2 Å². The van der Waals surface area contributed by atoms with E-state index in [0.717, 1.165) is 16.5 Å². The summed E-state index contributed by atoms with van der Waals surface area (Å²) in [5.74, 6) is -0.693. The number of H-pyrrole nitrogens is 1. The van der Waals surface area contributed by atoms with Crippen LogP contribution in [0.2, 0.25) is 0 Å². The number of carbonyl (C=O) groups is 1. The van der Waals surface area contributed by atoms with Gasteiger partial charge in [0.15, 0.2) is 5.76 Å². The third-order valence-corrected chi connectivity index (χ3v) is 4.38. The van der Waals surface area contributed by atoms with Gasteiger partial charge in [-0.2, -0.15) is 0 Å². The predicted molar refractivity (Wildman–Crippen MR) is 98.4 cm³/mol. The van der Waals surface area contributed by atoms with Gasteiger partial charge in [-0.15, -0.1) is 0 Å². The molecule has 0 spiro atoms. The molecule has 27 heavy (non-hydrogen) atoms. The molecule has 2 N–H and O–H groups in total. The highest BCUT2D eigenvalue weighted by atomic mass is 19.1. The van der Waals surface area contributed by atoms with Crippen LogP contribution in [0.5, 0.6) is 0 Å². The average Bonchev–Trinajstić information content (AvgIpc) is 3.29. The fourth-order valence-electron chi connectivity index (χ4n) is 3.02. The van der Waals surface area contributed by atoms with Crippen molar-refractivity contribution in [2.75, 3.05) is 6.54 Å². The van der Waals surface area contributed by atoms with E-state index in [9.17, 15) is 13.6 Å². The van der Waals surface area contributed by atoms with Crippen molar-refractivity contribution in [2.45, 2.75) is 6.42 Å². The number of halogens is 2. The minimum absolute atomic E-state index is 0.109. The van der Waals surface area contributed by atoms with Crippen LogP contribution in [0.15, 0.2) is 65.2 Å². The molecular weight excluding hydrogens is 350 g/mol. The second-order valence-electron chi connectivity index (χ2n) is 6.15. The molecule has 0 atom stereocenters. The van der Waals surface area contributed by atoms with Gasteiger partial charge in [0.05, 0.1) is 5.56 Å². The Balaban J connectivity index is 1.41. The first-order valence-electron chi connectivity index (χ1n) is 8.50. The summed E-state index contributed by atoms with van der Waals surface area (Å²) >= 11 is 0. The minimum atomic E-state index is -0.412. The molecule has 0 aliphatic rings. The maximum atomic E-state index is 13.8. The summed E-state index contributed by atoms with van der Waals surface area (Å²) in [6.07, 6.45) is 2.34. The summed E-state index contributed by atoms with van der Waals surface area (Å²) in [4.78, 5) is 15.3. The molecule has 4 rings (SSSR count). The van der Waals surface area contributed by atoms with E-state index in [4.69, 9.17) is 4.42 Å². The average molecular weight is 366 g/mol. The highest BCUT2D eigenvalue weighted by Gasteiger charge is 2.14. The Bertz CT molecular complexity index is 1110. The summed E-state index contributed by atoms with van der Waals surface area (Å²) in [5.41, 5.74) is 2.06. The van der Waals surface area contributed by atoms with Gasteiger partial charge in [0.2, 0.25) is 0 Å². The van der Waals surface area contributed by atoms with Crippen LogP contribution in [0, 0.1) is 11.6 Å². The number of furan rings is 1. The molecule has 0 saturated carbocycles. The number of carbonyl (C=O) groups excluding carboxylic acids is 1. The fraction of sp³-hybridized carbons (Fsp3) is 0.0952. The second kappa shape index (κ2) is 7.07. The molecule has 4 aromatic rings. The SMILES string of the molecule is O=C(NCCc1c[nH]c2ccc(F)cc12)c1ccc(-c2ccccc2F)o1. The third kappa shape index (κ3) is 3.46. The van der Waals surface area contributed by atoms with Crippen molar-refractivity contribution in [1.29, 1.82) is 0 Å². The molecule has 2 aromatic heterocycles. The quantitative estimate of drug-likeness (QED) is 0.539. The topological polar surface area (TPSA) is 58.0 Å². The normalized spacial score (nSPS) is 11.0. The number of aromatic amines is 1. The molecule has 0 unspecified atom stereocenters. The first-order chi connectivity index (χ1) is 13.1. The van der Waals surface area contributed by atoms with Gasteiger partial charge in [-0.25, -0.2) is 8.78 Å². The van der Waals surface area contributed by atoms with Crippen molar-refractivity contribution in [3.8, 4) is 11.3 Å². The molecule has 1 amide bonds. The van der Waals surface area contributed by atoms with Gasteiger partial charge in [-0.05, 0) is 54.4 Å². The number of benzene rings is 2. The Kier molecular flexibility index (Phi) is 4.46. The van der Waals surface area contributed by atoms with Gasteiger partial charge in [-0.3, -0.25) is 4.79 Å².